The van der Waals surface area contributed by atoms with Gasteiger partial charge in [0.05, 0.1) is 18.3 Å². The lowest BCUT2D eigenvalue weighted by molar-refractivity contribution is -0.143. The maximum Gasteiger partial charge on any atom is 0.329 e. The van der Waals surface area contributed by atoms with Gasteiger partial charge in [-0.3, -0.25) is 5.32 Å². The van der Waals surface area contributed by atoms with Crippen LogP contribution >= 0.6 is 11.3 Å². The van der Waals surface area contributed by atoms with Crippen molar-refractivity contribution < 1.29 is 9.53 Å². The molecule has 1 unspecified atom stereocenters. The van der Waals surface area contributed by atoms with E-state index in [0.717, 1.165) is 0 Å². The minimum absolute atomic E-state index is 0.335. The van der Waals surface area contributed by atoms with Gasteiger partial charge in [-0.2, -0.15) is 0 Å². The summed E-state index contributed by atoms with van der Waals surface area (Å²) in [4.78, 5) is 15.4. The van der Waals surface area contributed by atoms with Crippen LogP contribution in [0.3, 0.4) is 0 Å². The van der Waals surface area contributed by atoms with E-state index < -0.39 is 6.04 Å². The van der Waals surface area contributed by atoms with Crippen molar-refractivity contribution in [1.82, 2.24) is 10.3 Å². The molecule has 0 spiro atoms. The summed E-state index contributed by atoms with van der Waals surface area (Å²) in [6.07, 6.45) is 1.68. The first-order chi connectivity index (χ1) is 6.79. The summed E-state index contributed by atoms with van der Waals surface area (Å²) in [6, 6.07) is -0.496. The molecule has 0 saturated heterocycles. The molecular weight excluding hydrogens is 200 g/mol. The van der Waals surface area contributed by atoms with Crippen molar-refractivity contribution in [1.29, 1.82) is 0 Å². The predicted molar refractivity (Wildman–Crippen MR) is 55.1 cm³/mol. The van der Waals surface area contributed by atoms with Crippen molar-refractivity contribution in [2.75, 3.05) is 13.7 Å². The smallest absolute Gasteiger partial charge is 0.329 e. The number of aromatic nitrogens is 1. The van der Waals surface area contributed by atoms with E-state index in [2.05, 4.69) is 21.6 Å². The van der Waals surface area contributed by atoms with Crippen LogP contribution < -0.4 is 5.32 Å². The molecule has 1 heterocycles. The number of rotatable bonds is 5. The van der Waals surface area contributed by atoms with Gasteiger partial charge < -0.3 is 4.74 Å². The summed E-state index contributed by atoms with van der Waals surface area (Å²) in [7, 11) is 1.36. The summed E-state index contributed by atoms with van der Waals surface area (Å²) >= 11 is 1.44. The largest absolute Gasteiger partial charge is 0.468 e. The second-order valence-corrected chi connectivity index (χ2v) is 3.29. The van der Waals surface area contributed by atoms with Gasteiger partial charge in [0.15, 0.2) is 0 Å². The molecule has 0 aliphatic carbocycles. The highest BCUT2D eigenvalue weighted by atomic mass is 32.1. The Balaban J connectivity index is 2.71. The number of nitrogens with one attached hydrogen (secondary N) is 1. The monoisotopic (exact) mass is 212 g/mol. The fourth-order valence-corrected chi connectivity index (χ4v) is 1.57. The number of carbonyl (C=O) groups excluding carboxylic acids is 1. The van der Waals surface area contributed by atoms with Crippen LogP contribution in [0.4, 0.5) is 0 Å². The number of hydrogen-bond donors (Lipinski definition) is 1. The lowest BCUT2D eigenvalue weighted by atomic mass is 10.2. The molecule has 1 aromatic rings. The molecule has 1 aromatic heterocycles. The average molecular weight is 212 g/mol. The maximum atomic E-state index is 11.4. The van der Waals surface area contributed by atoms with Gasteiger partial charge in [0, 0.05) is 11.9 Å². The van der Waals surface area contributed by atoms with Gasteiger partial charge in [-0.05, 0) is 0 Å². The average Bonchev–Trinajstić information content (AvgIpc) is 2.71. The van der Waals surface area contributed by atoms with Gasteiger partial charge in [0.25, 0.3) is 0 Å². The minimum atomic E-state index is -0.496. The summed E-state index contributed by atoms with van der Waals surface area (Å²) < 4.78 is 4.66. The Bertz CT molecular complexity index is 298. The van der Waals surface area contributed by atoms with Crippen molar-refractivity contribution in [2.24, 2.45) is 0 Å². The number of methoxy groups -OCH3 is 1. The summed E-state index contributed by atoms with van der Waals surface area (Å²) in [6.45, 7) is 4.11. The van der Waals surface area contributed by atoms with Crippen molar-refractivity contribution in [2.45, 2.75) is 6.04 Å². The Kier molecular flexibility index (Phi) is 4.28. The summed E-state index contributed by atoms with van der Waals surface area (Å²) in [5, 5.41) is 4.79. The number of thiazole rings is 1. The van der Waals surface area contributed by atoms with Crippen LogP contribution in [0.5, 0.6) is 0 Å². The third kappa shape index (κ3) is 2.65. The van der Waals surface area contributed by atoms with Crippen molar-refractivity contribution in [3.05, 3.63) is 29.2 Å². The predicted octanol–water partition coefficient (Wildman–Crippen LogP) is 1.13. The minimum Gasteiger partial charge on any atom is -0.468 e. The van der Waals surface area contributed by atoms with Gasteiger partial charge in [-0.1, -0.05) is 6.08 Å². The molecule has 0 aliphatic rings. The molecule has 1 rings (SSSR count). The van der Waals surface area contributed by atoms with Gasteiger partial charge in [-0.15, -0.1) is 17.9 Å². The Labute approximate surface area is 86.6 Å². The van der Waals surface area contributed by atoms with Crippen LogP contribution in [0.15, 0.2) is 23.5 Å². The molecule has 14 heavy (non-hydrogen) atoms. The van der Waals surface area contributed by atoms with Gasteiger partial charge in [0.2, 0.25) is 0 Å². The maximum absolute atomic E-state index is 11.4. The number of nitrogens with zero attached hydrogens (tertiary/aromatic N) is 1. The zero-order valence-corrected chi connectivity index (χ0v) is 8.71. The first-order valence-corrected chi connectivity index (χ1v) is 5.04. The summed E-state index contributed by atoms with van der Waals surface area (Å²) in [5.74, 6) is -0.335. The highest BCUT2D eigenvalue weighted by molar-refractivity contribution is 7.07. The first kappa shape index (κ1) is 10.9. The normalized spacial score (nSPS) is 12.1. The van der Waals surface area contributed by atoms with E-state index in [1.807, 2.05) is 5.38 Å². The standard InChI is InChI=1S/C9H12N2O2S/c1-3-4-10-8(9(12)13-2)7-5-14-6-11-7/h3,5-6,8,10H,1,4H2,2H3. The molecule has 1 N–H and O–H groups in total. The zero-order chi connectivity index (χ0) is 10.4. The fraction of sp³-hybridized carbons (Fsp3) is 0.333. The lowest BCUT2D eigenvalue weighted by Gasteiger charge is -2.12. The van der Waals surface area contributed by atoms with Crippen LogP contribution in [0.25, 0.3) is 0 Å². The number of ether oxygens (including phenoxy) is 1. The van der Waals surface area contributed by atoms with Gasteiger partial charge in [-0.25, -0.2) is 9.78 Å². The topological polar surface area (TPSA) is 51.2 Å². The third-order valence-electron chi connectivity index (χ3n) is 1.65. The third-order valence-corrected chi connectivity index (χ3v) is 2.26. The van der Waals surface area contributed by atoms with E-state index in [1.165, 1.54) is 18.4 Å². The number of hydrogen-bond acceptors (Lipinski definition) is 5. The van der Waals surface area contributed by atoms with E-state index in [-0.39, 0.29) is 5.97 Å². The molecule has 76 valence electrons. The van der Waals surface area contributed by atoms with Crippen LogP contribution in [-0.4, -0.2) is 24.6 Å². The van der Waals surface area contributed by atoms with E-state index in [9.17, 15) is 4.79 Å². The SMILES string of the molecule is C=CCNC(C(=O)OC)c1cscn1. The Morgan fingerprint density at radius 1 is 1.93 bits per heavy atom. The van der Waals surface area contributed by atoms with E-state index in [4.69, 9.17) is 0 Å². The van der Waals surface area contributed by atoms with Crippen LogP contribution in [0.1, 0.15) is 11.7 Å². The van der Waals surface area contributed by atoms with E-state index >= 15 is 0 Å². The first-order valence-electron chi connectivity index (χ1n) is 4.09. The number of esters is 1. The molecule has 1 atom stereocenters. The molecule has 0 bridgehead atoms. The number of carbonyl (C=O) groups is 1. The van der Waals surface area contributed by atoms with Gasteiger partial charge >= 0.3 is 5.97 Å². The Morgan fingerprint density at radius 2 is 2.71 bits per heavy atom. The van der Waals surface area contributed by atoms with Gasteiger partial charge in [0.1, 0.15) is 6.04 Å². The van der Waals surface area contributed by atoms with Crippen molar-refractivity contribution >= 4 is 17.3 Å². The molecule has 0 saturated carbocycles. The van der Waals surface area contributed by atoms with Crippen molar-refractivity contribution in [3.63, 3.8) is 0 Å². The Hall–Kier alpha value is -1.20. The molecule has 5 heteroatoms. The second-order valence-electron chi connectivity index (χ2n) is 2.57. The summed E-state index contributed by atoms with van der Waals surface area (Å²) in [5.41, 5.74) is 2.37. The molecule has 0 aromatic carbocycles. The zero-order valence-electron chi connectivity index (χ0n) is 7.90. The van der Waals surface area contributed by atoms with E-state index in [1.54, 1.807) is 11.6 Å². The van der Waals surface area contributed by atoms with E-state index in [0.29, 0.717) is 12.2 Å². The van der Waals surface area contributed by atoms with Crippen LogP contribution in [-0.2, 0) is 9.53 Å². The lowest BCUT2D eigenvalue weighted by Crippen LogP contribution is -2.29. The van der Waals surface area contributed by atoms with Crippen molar-refractivity contribution in [3.8, 4) is 0 Å². The molecule has 0 aliphatic heterocycles. The quantitative estimate of drug-likeness (QED) is 0.587. The molecular formula is C9H12N2O2S. The van der Waals surface area contributed by atoms with Crippen LogP contribution in [0.2, 0.25) is 0 Å². The Morgan fingerprint density at radius 3 is 3.21 bits per heavy atom. The second kappa shape index (κ2) is 5.51. The highest BCUT2D eigenvalue weighted by Gasteiger charge is 2.21. The fourth-order valence-electron chi connectivity index (χ4n) is 0.992. The van der Waals surface area contributed by atoms with Crippen LogP contribution in [0, 0.1) is 0 Å². The molecule has 0 amide bonds. The highest BCUT2D eigenvalue weighted by Crippen LogP contribution is 2.13. The molecule has 0 fully saturated rings. The molecule has 0 radical (unpaired) electrons. The molecule has 4 nitrogen and oxygen atoms in total.